The number of rotatable bonds is 5. The van der Waals surface area contributed by atoms with E-state index in [1.54, 1.807) is 0 Å². The number of aliphatic hydroxyl groups excluding tert-OH is 1. The average molecular weight is 243 g/mol. The maximum Gasteiger partial charge on any atom is 0.332 e. The van der Waals surface area contributed by atoms with Gasteiger partial charge in [0, 0.05) is 12.0 Å². The molecule has 1 saturated heterocycles. The Morgan fingerprint density at radius 2 is 1.94 bits per heavy atom. The number of amides is 1. The third-order valence-corrected chi connectivity index (χ3v) is 3.52. The summed E-state index contributed by atoms with van der Waals surface area (Å²) >= 11 is 0. The topological polar surface area (TPSA) is 95.9 Å². The molecule has 3 N–H and O–H groups in total. The Labute approximate surface area is 99.0 Å². The van der Waals surface area contributed by atoms with Crippen molar-refractivity contribution >= 4 is 11.9 Å². The predicted molar refractivity (Wildman–Crippen MR) is 57.3 cm³/mol. The summed E-state index contributed by atoms with van der Waals surface area (Å²) in [7, 11) is 0. The number of ether oxygens (including phenoxy) is 1. The Morgan fingerprint density at radius 3 is 2.41 bits per heavy atom. The molecule has 1 heterocycles. The number of carbonyl (C=O) groups is 2. The molecule has 0 aromatic carbocycles. The van der Waals surface area contributed by atoms with Crippen molar-refractivity contribution in [2.24, 2.45) is 5.41 Å². The molecule has 1 amide bonds. The standard InChI is InChI=1S/C11H17NO5/c13-6-11(3-4-11)5-12-9(14)7-1-2-8(17-7)10(15)16/h7-8,13H,1-6H2,(H,12,14)(H,15,16)/t7-,8+/m0/s1. The second kappa shape index (κ2) is 4.62. The molecule has 2 atom stereocenters. The van der Waals surface area contributed by atoms with Crippen LogP contribution < -0.4 is 5.32 Å². The van der Waals surface area contributed by atoms with Crippen molar-refractivity contribution < 1.29 is 24.5 Å². The number of carbonyl (C=O) groups excluding carboxylic acids is 1. The van der Waals surface area contributed by atoms with E-state index in [0.29, 0.717) is 19.4 Å². The van der Waals surface area contributed by atoms with Crippen molar-refractivity contribution in [1.82, 2.24) is 5.32 Å². The van der Waals surface area contributed by atoms with Crippen LogP contribution in [-0.2, 0) is 14.3 Å². The Bertz CT molecular complexity index is 326. The van der Waals surface area contributed by atoms with Gasteiger partial charge in [-0.25, -0.2) is 4.79 Å². The van der Waals surface area contributed by atoms with E-state index in [1.165, 1.54) is 0 Å². The number of aliphatic carboxylic acids is 1. The number of aliphatic hydroxyl groups is 1. The molecule has 0 aromatic rings. The van der Waals surface area contributed by atoms with Crippen LogP contribution in [0.15, 0.2) is 0 Å². The predicted octanol–water partition coefficient (Wildman–Crippen LogP) is -0.493. The van der Waals surface area contributed by atoms with Gasteiger partial charge in [-0.2, -0.15) is 0 Å². The number of hydrogen-bond acceptors (Lipinski definition) is 4. The smallest absolute Gasteiger partial charge is 0.332 e. The lowest BCUT2D eigenvalue weighted by Gasteiger charge is -2.15. The SMILES string of the molecule is O=C(NCC1(CO)CC1)[C@@H]1CC[C@H](C(=O)O)O1. The van der Waals surface area contributed by atoms with Crippen molar-refractivity contribution in [3.05, 3.63) is 0 Å². The molecule has 2 rings (SSSR count). The van der Waals surface area contributed by atoms with Crippen LogP contribution in [0.25, 0.3) is 0 Å². The second-order valence-electron chi connectivity index (χ2n) is 4.90. The van der Waals surface area contributed by atoms with Gasteiger partial charge in [0.15, 0.2) is 6.10 Å². The van der Waals surface area contributed by atoms with Gasteiger partial charge in [0.25, 0.3) is 0 Å². The molecule has 17 heavy (non-hydrogen) atoms. The van der Waals surface area contributed by atoms with Crippen LogP contribution in [-0.4, -0.2) is 47.4 Å². The molecule has 1 saturated carbocycles. The highest BCUT2D eigenvalue weighted by Gasteiger charge is 2.43. The molecule has 0 unspecified atom stereocenters. The van der Waals surface area contributed by atoms with Crippen molar-refractivity contribution in [2.45, 2.75) is 37.9 Å². The lowest BCUT2D eigenvalue weighted by Crippen LogP contribution is -2.39. The summed E-state index contributed by atoms with van der Waals surface area (Å²) in [5.74, 6) is -1.29. The van der Waals surface area contributed by atoms with Crippen LogP contribution in [0.3, 0.4) is 0 Å². The molecular formula is C11H17NO5. The van der Waals surface area contributed by atoms with E-state index >= 15 is 0 Å². The van der Waals surface area contributed by atoms with E-state index in [9.17, 15) is 9.59 Å². The van der Waals surface area contributed by atoms with Gasteiger partial charge < -0.3 is 20.3 Å². The first-order chi connectivity index (χ1) is 8.06. The maximum absolute atomic E-state index is 11.7. The highest BCUT2D eigenvalue weighted by atomic mass is 16.5. The van der Waals surface area contributed by atoms with Crippen molar-refractivity contribution in [3.8, 4) is 0 Å². The lowest BCUT2D eigenvalue weighted by molar-refractivity contribution is -0.151. The fourth-order valence-corrected chi connectivity index (χ4v) is 1.97. The molecule has 96 valence electrons. The third-order valence-electron chi connectivity index (χ3n) is 3.52. The minimum Gasteiger partial charge on any atom is -0.479 e. The molecule has 6 heteroatoms. The second-order valence-corrected chi connectivity index (χ2v) is 4.90. The van der Waals surface area contributed by atoms with Gasteiger partial charge in [-0.15, -0.1) is 0 Å². The van der Waals surface area contributed by atoms with Crippen LogP contribution >= 0.6 is 0 Å². The van der Waals surface area contributed by atoms with Gasteiger partial charge >= 0.3 is 5.97 Å². The third kappa shape index (κ3) is 2.76. The Morgan fingerprint density at radius 1 is 1.29 bits per heavy atom. The van der Waals surface area contributed by atoms with Crippen LogP contribution in [0, 0.1) is 5.41 Å². The first-order valence-electron chi connectivity index (χ1n) is 5.83. The molecule has 2 aliphatic rings. The van der Waals surface area contributed by atoms with Gasteiger partial charge in [0.1, 0.15) is 6.10 Å². The first kappa shape index (κ1) is 12.3. The highest BCUT2D eigenvalue weighted by Crippen LogP contribution is 2.44. The zero-order valence-electron chi connectivity index (χ0n) is 9.52. The van der Waals surface area contributed by atoms with Crippen LogP contribution in [0.4, 0.5) is 0 Å². The molecule has 0 bridgehead atoms. The molecule has 1 aliphatic carbocycles. The van der Waals surface area contributed by atoms with Gasteiger partial charge in [-0.05, 0) is 25.7 Å². The molecule has 0 aromatic heterocycles. The minimum atomic E-state index is -1.02. The molecular weight excluding hydrogens is 226 g/mol. The number of hydrogen-bond donors (Lipinski definition) is 3. The van der Waals surface area contributed by atoms with Gasteiger partial charge in [0.2, 0.25) is 5.91 Å². The van der Waals surface area contributed by atoms with E-state index in [4.69, 9.17) is 14.9 Å². The zero-order valence-corrected chi connectivity index (χ0v) is 9.52. The maximum atomic E-state index is 11.7. The Kier molecular flexibility index (Phi) is 3.35. The fraction of sp³-hybridized carbons (Fsp3) is 0.818. The van der Waals surface area contributed by atoms with E-state index in [2.05, 4.69) is 5.32 Å². The van der Waals surface area contributed by atoms with Gasteiger partial charge in [0.05, 0.1) is 6.61 Å². The van der Waals surface area contributed by atoms with Crippen LogP contribution in [0.1, 0.15) is 25.7 Å². The molecule has 0 spiro atoms. The van der Waals surface area contributed by atoms with Crippen molar-refractivity contribution in [1.29, 1.82) is 0 Å². The zero-order chi connectivity index (χ0) is 12.5. The summed E-state index contributed by atoms with van der Waals surface area (Å²) in [6.07, 6.45) is 1.14. The number of carboxylic acid groups (broad SMARTS) is 1. The summed E-state index contributed by atoms with van der Waals surface area (Å²) in [6, 6.07) is 0. The normalized spacial score (nSPS) is 29.9. The van der Waals surface area contributed by atoms with Gasteiger partial charge in [-0.1, -0.05) is 0 Å². The Hall–Kier alpha value is -1.14. The molecule has 1 aliphatic heterocycles. The highest BCUT2D eigenvalue weighted by molar-refractivity contribution is 5.82. The van der Waals surface area contributed by atoms with E-state index in [0.717, 1.165) is 12.8 Å². The lowest BCUT2D eigenvalue weighted by atomic mass is 10.1. The molecule has 2 fully saturated rings. The van der Waals surface area contributed by atoms with E-state index in [-0.39, 0.29) is 17.9 Å². The summed E-state index contributed by atoms with van der Waals surface area (Å²) in [5, 5.41) is 20.5. The van der Waals surface area contributed by atoms with Crippen LogP contribution in [0.2, 0.25) is 0 Å². The summed E-state index contributed by atoms with van der Waals surface area (Å²) in [6.45, 7) is 0.524. The first-order valence-corrected chi connectivity index (χ1v) is 5.83. The van der Waals surface area contributed by atoms with Crippen LogP contribution in [0.5, 0.6) is 0 Å². The molecule has 6 nitrogen and oxygen atoms in total. The number of nitrogens with one attached hydrogen (secondary N) is 1. The summed E-state index contributed by atoms with van der Waals surface area (Å²) in [4.78, 5) is 22.3. The largest absolute Gasteiger partial charge is 0.479 e. The summed E-state index contributed by atoms with van der Waals surface area (Å²) < 4.78 is 5.13. The van der Waals surface area contributed by atoms with E-state index in [1.807, 2.05) is 0 Å². The number of carboxylic acids is 1. The monoisotopic (exact) mass is 243 g/mol. The van der Waals surface area contributed by atoms with Crippen molar-refractivity contribution in [3.63, 3.8) is 0 Å². The van der Waals surface area contributed by atoms with Crippen molar-refractivity contribution in [2.75, 3.05) is 13.2 Å². The fourth-order valence-electron chi connectivity index (χ4n) is 1.97. The average Bonchev–Trinajstić information content (AvgIpc) is 2.92. The van der Waals surface area contributed by atoms with Gasteiger partial charge in [-0.3, -0.25) is 4.79 Å². The minimum absolute atomic E-state index is 0.0799. The van der Waals surface area contributed by atoms with E-state index < -0.39 is 18.2 Å². The quantitative estimate of drug-likeness (QED) is 0.605. The summed E-state index contributed by atoms with van der Waals surface area (Å²) in [5.41, 5.74) is -0.138. The molecule has 0 radical (unpaired) electrons. The Balaban J connectivity index is 1.76.